The molecule has 0 fully saturated rings. The Balaban J connectivity index is 1.34. The van der Waals surface area contributed by atoms with Crippen LogP contribution >= 0.6 is 0 Å². The van der Waals surface area contributed by atoms with Crippen molar-refractivity contribution in [2.75, 3.05) is 20.8 Å². The van der Waals surface area contributed by atoms with Gasteiger partial charge in [-0.05, 0) is 77.6 Å². The third-order valence-electron chi connectivity index (χ3n) is 7.87. The normalized spacial score (nSPS) is 16.4. The summed E-state index contributed by atoms with van der Waals surface area (Å²) in [7, 11) is 3.32. The summed E-state index contributed by atoms with van der Waals surface area (Å²) >= 11 is 0. The molecule has 196 valence electrons. The molecule has 0 saturated heterocycles. The predicted octanol–water partition coefficient (Wildman–Crippen LogP) is 4.54. The maximum Gasteiger partial charge on any atom is 0.335 e. The lowest BCUT2D eigenvalue weighted by Crippen LogP contribution is -2.39. The number of ether oxygens (including phenoxy) is 3. The number of carboxylic acids is 1. The van der Waals surface area contributed by atoms with Gasteiger partial charge in [0.05, 0.1) is 25.3 Å². The zero-order valence-electron chi connectivity index (χ0n) is 21.4. The van der Waals surface area contributed by atoms with E-state index in [1.165, 1.54) is 16.7 Å². The van der Waals surface area contributed by atoms with E-state index in [2.05, 4.69) is 23.1 Å². The molecule has 8 nitrogen and oxygen atoms in total. The van der Waals surface area contributed by atoms with Gasteiger partial charge in [0.2, 0.25) is 0 Å². The highest BCUT2D eigenvalue weighted by molar-refractivity contribution is 5.88. The fourth-order valence-corrected chi connectivity index (χ4v) is 5.91. The minimum absolute atomic E-state index is 0.0596. The molecule has 0 saturated carbocycles. The van der Waals surface area contributed by atoms with Crippen LogP contribution in [0.15, 0.2) is 54.6 Å². The Morgan fingerprint density at radius 3 is 2.55 bits per heavy atom. The molecule has 0 radical (unpaired) electrons. The van der Waals surface area contributed by atoms with Gasteiger partial charge in [0.1, 0.15) is 19.1 Å². The molecule has 3 aromatic carbocycles. The topological polar surface area (TPSA) is 93.4 Å². The van der Waals surface area contributed by atoms with Crippen LogP contribution < -0.4 is 14.2 Å². The molecule has 3 heterocycles. The van der Waals surface area contributed by atoms with Crippen LogP contribution in [-0.2, 0) is 32.7 Å². The van der Waals surface area contributed by atoms with Crippen molar-refractivity contribution in [3.8, 4) is 17.2 Å². The summed E-state index contributed by atoms with van der Waals surface area (Å²) in [5, 5.41) is 20.5. The van der Waals surface area contributed by atoms with E-state index in [1.54, 1.807) is 38.5 Å². The number of aromatic carboxylic acids is 1. The van der Waals surface area contributed by atoms with Gasteiger partial charge in [-0.15, -0.1) is 0 Å². The lowest BCUT2D eigenvalue weighted by molar-refractivity contribution is 0.0697. The summed E-state index contributed by atoms with van der Waals surface area (Å²) in [4.78, 5) is 13.6. The Morgan fingerprint density at radius 1 is 1.03 bits per heavy atom. The maximum atomic E-state index is 11.2. The summed E-state index contributed by atoms with van der Waals surface area (Å²) in [6.45, 7) is 1.93. The van der Waals surface area contributed by atoms with Crippen LogP contribution in [0.25, 0.3) is 10.9 Å². The van der Waals surface area contributed by atoms with Gasteiger partial charge in [0, 0.05) is 30.2 Å². The quantitative estimate of drug-likeness (QED) is 0.374. The van der Waals surface area contributed by atoms with Gasteiger partial charge in [0.25, 0.3) is 0 Å². The first-order chi connectivity index (χ1) is 18.5. The van der Waals surface area contributed by atoms with E-state index >= 15 is 0 Å². The Kier molecular flexibility index (Phi) is 6.21. The van der Waals surface area contributed by atoms with Gasteiger partial charge >= 0.3 is 5.97 Å². The fraction of sp³-hybridized carbons (Fsp3) is 0.300. The second kappa shape index (κ2) is 9.70. The van der Waals surface area contributed by atoms with Crippen molar-refractivity contribution in [2.24, 2.45) is 0 Å². The fourth-order valence-electron chi connectivity index (χ4n) is 5.91. The van der Waals surface area contributed by atoms with E-state index in [-0.39, 0.29) is 18.3 Å². The van der Waals surface area contributed by atoms with Crippen molar-refractivity contribution in [1.29, 1.82) is 0 Å². The van der Waals surface area contributed by atoms with Crippen molar-refractivity contribution in [3.63, 3.8) is 0 Å². The molecule has 38 heavy (non-hydrogen) atoms. The zero-order valence-corrected chi connectivity index (χ0v) is 21.4. The highest BCUT2D eigenvalue weighted by Crippen LogP contribution is 2.45. The molecule has 8 heteroatoms. The van der Waals surface area contributed by atoms with E-state index < -0.39 is 5.97 Å². The number of fused-ring (bicyclic) bond motifs is 6. The number of nitrogens with zero attached hydrogens (tertiary/aromatic N) is 2. The molecular weight excluding hydrogens is 484 g/mol. The van der Waals surface area contributed by atoms with Gasteiger partial charge < -0.3 is 29.0 Å². The molecule has 2 aliphatic heterocycles. The summed E-state index contributed by atoms with van der Waals surface area (Å²) in [6.07, 6.45) is 1.73. The lowest BCUT2D eigenvalue weighted by atomic mass is 9.85. The van der Waals surface area contributed by atoms with Gasteiger partial charge in [-0.3, -0.25) is 4.90 Å². The monoisotopic (exact) mass is 514 g/mol. The Morgan fingerprint density at radius 2 is 1.84 bits per heavy atom. The standard InChI is InChI=1S/C30H30N2O6/c1-36-21-7-8-25-23(12-21)24-13-26-22-14-29(38-16-18-3-5-19(6-4-18)30(34)35)28(37-2)11-20(22)9-10-31(26)15-27(24)32(25)17-33/h3-8,11-12,14,26,33H,9-10,13,15-17H2,1-2H3,(H,34,35). The van der Waals surface area contributed by atoms with Crippen LogP contribution in [0, 0.1) is 0 Å². The number of hydrogen-bond donors (Lipinski definition) is 2. The molecule has 1 atom stereocenters. The lowest BCUT2D eigenvalue weighted by Gasteiger charge is -2.41. The van der Waals surface area contributed by atoms with Gasteiger partial charge in [-0.25, -0.2) is 4.79 Å². The van der Waals surface area contributed by atoms with Gasteiger partial charge in [0.15, 0.2) is 11.5 Å². The van der Waals surface area contributed by atoms with Crippen molar-refractivity contribution < 1.29 is 29.2 Å². The average molecular weight is 515 g/mol. The predicted molar refractivity (Wildman–Crippen MR) is 142 cm³/mol. The van der Waals surface area contributed by atoms with Crippen LogP contribution in [0.1, 0.15) is 44.3 Å². The molecule has 1 unspecified atom stereocenters. The van der Waals surface area contributed by atoms with E-state index in [4.69, 9.17) is 19.3 Å². The first-order valence-corrected chi connectivity index (χ1v) is 12.7. The minimum Gasteiger partial charge on any atom is -0.497 e. The molecule has 0 bridgehead atoms. The highest BCUT2D eigenvalue weighted by atomic mass is 16.5. The summed E-state index contributed by atoms with van der Waals surface area (Å²) in [5.74, 6) is 1.21. The minimum atomic E-state index is -0.949. The summed E-state index contributed by atoms with van der Waals surface area (Å²) in [5.41, 5.74) is 7.04. The summed E-state index contributed by atoms with van der Waals surface area (Å²) in [6, 6.07) is 17.1. The number of aliphatic hydroxyl groups excluding tert-OH is 1. The molecule has 2 N–H and O–H groups in total. The van der Waals surface area contributed by atoms with Crippen LogP contribution in [0.2, 0.25) is 0 Å². The molecule has 4 aromatic rings. The van der Waals surface area contributed by atoms with E-state index in [0.29, 0.717) is 18.1 Å². The van der Waals surface area contributed by atoms with Crippen LogP contribution in [0.3, 0.4) is 0 Å². The van der Waals surface area contributed by atoms with Crippen LogP contribution in [0.4, 0.5) is 0 Å². The second-order valence-electron chi connectivity index (χ2n) is 9.81. The highest BCUT2D eigenvalue weighted by Gasteiger charge is 2.36. The molecule has 0 amide bonds. The Bertz CT molecular complexity index is 1520. The zero-order chi connectivity index (χ0) is 26.4. The van der Waals surface area contributed by atoms with Crippen LogP contribution in [0.5, 0.6) is 17.2 Å². The molecule has 0 spiro atoms. The summed E-state index contributed by atoms with van der Waals surface area (Å²) < 4.78 is 19.4. The third-order valence-corrected chi connectivity index (χ3v) is 7.87. The number of aromatic nitrogens is 1. The van der Waals surface area contributed by atoms with Crippen molar-refractivity contribution in [2.45, 2.75) is 38.8 Å². The number of methoxy groups -OCH3 is 2. The number of benzene rings is 3. The second-order valence-corrected chi connectivity index (χ2v) is 9.81. The molecular formula is C30H30N2O6. The number of aliphatic hydroxyl groups is 1. The van der Waals surface area contributed by atoms with Crippen molar-refractivity contribution >= 4 is 16.9 Å². The first-order valence-electron chi connectivity index (χ1n) is 12.7. The Hall–Kier alpha value is -4.01. The number of hydrogen-bond acceptors (Lipinski definition) is 6. The van der Waals surface area contributed by atoms with Crippen LogP contribution in [-0.4, -0.2) is 46.4 Å². The van der Waals surface area contributed by atoms with Crippen molar-refractivity contribution in [1.82, 2.24) is 9.47 Å². The van der Waals surface area contributed by atoms with E-state index in [1.807, 2.05) is 16.7 Å². The van der Waals surface area contributed by atoms with Gasteiger partial charge in [-0.2, -0.15) is 0 Å². The third kappa shape index (κ3) is 4.06. The first kappa shape index (κ1) is 24.3. The van der Waals surface area contributed by atoms with Crippen molar-refractivity contribution in [3.05, 3.63) is 88.1 Å². The number of rotatable bonds is 7. The Labute approximate surface area is 220 Å². The van der Waals surface area contributed by atoms with E-state index in [9.17, 15) is 9.90 Å². The average Bonchev–Trinajstić information content (AvgIpc) is 3.26. The molecule has 0 aliphatic carbocycles. The smallest absolute Gasteiger partial charge is 0.335 e. The van der Waals surface area contributed by atoms with E-state index in [0.717, 1.165) is 53.8 Å². The number of carbonyl (C=O) groups is 1. The molecule has 6 rings (SSSR count). The molecule has 1 aromatic heterocycles. The largest absolute Gasteiger partial charge is 0.497 e. The SMILES string of the molecule is COc1ccc2c(c1)c1c(n2CO)CN2CCc3cc(OC)c(OCc4ccc(C(=O)O)cc4)cc3C2C1. The number of carboxylic acid groups (broad SMARTS) is 1. The van der Waals surface area contributed by atoms with Gasteiger partial charge in [-0.1, -0.05) is 12.1 Å². The molecule has 2 aliphatic rings. The maximum absolute atomic E-state index is 11.2.